The molecule has 1 saturated heterocycles. The maximum absolute atomic E-state index is 13.9. The Balaban J connectivity index is 1.91. The first kappa shape index (κ1) is 30.0. The standard InChI is InChI=1S/C28H37Cl2N7O3/c1-14(2)20-22(21(15(3)4)32-13-31-20)37-25-18(10-19(29)23(30)33-25)24(34-26(37)38)35-11-17(6)36(12-16(35)5)27(39)40-28(7,8)9/h10,13-17H,11-12H2,1-9H3/t16-,17+/m0/s1. The minimum atomic E-state index is -0.605. The maximum Gasteiger partial charge on any atom is 0.410 e. The van der Waals surface area contributed by atoms with Crippen molar-refractivity contribution in [3.05, 3.63) is 44.4 Å². The molecule has 0 unspecified atom stereocenters. The Labute approximate surface area is 244 Å². The van der Waals surface area contributed by atoms with Crippen LogP contribution < -0.4 is 10.6 Å². The fraction of sp³-hybridized carbons (Fsp3) is 0.571. The summed E-state index contributed by atoms with van der Waals surface area (Å²) in [6.07, 6.45) is 1.15. The first-order chi connectivity index (χ1) is 18.6. The number of hydrogen-bond donors (Lipinski definition) is 0. The predicted molar refractivity (Wildman–Crippen MR) is 158 cm³/mol. The second kappa shape index (κ2) is 11.1. The molecule has 40 heavy (non-hydrogen) atoms. The van der Waals surface area contributed by atoms with Crippen molar-refractivity contribution in [1.82, 2.24) is 29.4 Å². The number of ether oxygens (including phenoxy) is 1. The first-order valence-electron chi connectivity index (χ1n) is 13.5. The number of aromatic nitrogens is 5. The van der Waals surface area contributed by atoms with E-state index >= 15 is 0 Å². The zero-order valence-electron chi connectivity index (χ0n) is 24.5. The van der Waals surface area contributed by atoms with E-state index in [0.29, 0.717) is 47.0 Å². The Kier molecular flexibility index (Phi) is 8.34. The van der Waals surface area contributed by atoms with Crippen LogP contribution in [0.15, 0.2) is 17.2 Å². The summed E-state index contributed by atoms with van der Waals surface area (Å²) in [4.78, 5) is 48.8. The van der Waals surface area contributed by atoms with E-state index in [1.54, 1.807) is 11.0 Å². The highest BCUT2D eigenvalue weighted by molar-refractivity contribution is 6.41. The average molecular weight is 591 g/mol. The zero-order valence-corrected chi connectivity index (χ0v) is 26.0. The number of hydrogen-bond acceptors (Lipinski definition) is 8. The molecule has 1 aliphatic rings. The molecule has 0 spiro atoms. The summed E-state index contributed by atoms with van der Waals surface area (Å²) >= 11 is 12.9. The van der Waals surface area contributed by atoms with Gasteiger partial charge < -0.3 is 14.5 Å². The lowest BCUT2D eigenvalue weighted by molar-refractivity contribution is 0.0130. The molecule has 4 heterocycles. The molecule has 0 N–H and O–H groups in total. The van der Waals surface area contributed by atoms with Crippen LogP contribution in [0.5, 0.6) is 0 Å². The molecule has 3 aromatic heterocycles. The van der Waals surface area contributed by atoms with E-state index < -0.39 is 11.3 Å². The lowest BCUT2D eigenvalue weighted by atomic mass is 10.0. The quantitative estimate of drug-likeness (QED) is 0.343. The van der Waals surface area contributed by atoms with E-state index in [2.05, 4.69) is 19.9 Å². The van der Waals surface area contributed by atoms with Crippen molar-refractivity contribution in [3.63, 3.8) is 0 Å². The summed E-state index contributed by atoms with van der Waals surface area (Å²) < 4.78 is 7.08. The zero-order chi connectivity index (χ0) is 29.7. The number of pyridine rings is 1. The Hall–Kier alpha value is -2.98. The van der Waals surface area contributed by atoms with Gasteiger partial charge in [0.15, 0.2) is 5.65 Å². The van der Waals surface area contributed by atoms with Crippen molar-refractivity contribution in [1.29, 1.82) is 0 Å². The molecule has 1 aliphatic heterocycles. The summed E-state index contributed by atoms with van der Waals surface area (Å²) in [6.45, 7) is 18.3. The number of carbonyl (C=O) groups is 1. The number of amides is 1. The summed E-state index contributed by atoms with van der Waals surface area (Å²) in [5.74, 6) is 0.433. The number of anilines is 1. The van der Waals surface area contributed by atoms with Crippen molar-refractivity contribution in [2.75, 3.05) is 18.0 Å². The van der Waals surface area contributed by atoms with E-state index in [1.807, 2.05) is 67.2 Å². The molecule has 2 atom stereocenters. The van der Waals surface area contributed by atoms with Crippen molar-refractivity contribution in [2.24, 2.45) is 0 Å². The monoisotopic (exact) mass is 589 g/mol. The first-order valence-corrected chi connectivity index (χ1v) is 14.3. The molecular weight excluding hydrogens is 553 g/mol. The van der Waals surface area contributed by atoms with Crippen molar-refractivity contribution in [3.8, 4) is 5.69 Å². The van der Waals surface area contributed by atoms with E-state index in [4.69, 9.17) is 27.9 Å². The third-order valence-electron chi connectivity index (χ3n) is 6.84. The van der Waals surface area contributed by atoms with Crippen LogP contribution in [0.1, 0.15) is 85.5 Å². The van der Waals surface area contributed by atoms with Gasteiger partial charge in [-0.3, -0.25) is 0 Å². The van der Waals surface area contributed by atoms with Gasteiger partial charge in [-0.25, -0.2) is 29.1 Å². The van der Waals surface area contributed by atoms with Crippen LogP contribution in [0.3, 0.4) is 0 Å². The molecule has 4 rings (SSSR count). The van der Waals surface area contributed by atoms with Gasteiger partial charge in [-0.1, -0.05) is 50.9 Å². The smallest absolute Gasteiger partial charge is 0.410 e. The molecule has 0 radical (unpaired) electrons. The summed E-state index contributed by atoms with van der Waals surface area (Å²) in [5, 5.41) is 0.879. The SMILES string of the molecule is CC(C)c1ncnc(C(C)C)c1-n1c(=O)nc(N2C[C@@H](C)N(C(=O)OC(C)(C)C)C[C@@H]2C)c2cc(Cl)c(Cl)nc21. The molecule has 0 aliphatic carbocycles. The molecule has 12 heteroatoms. The molecule has 1 fully saturated rings. The Bertz CT molecular complexity index is 1470. The second-order valence-electron chi connectivity index (χ2n) is 12.0. The second-order valence-corrected chi connectivity index (χ2v) is 12.7. The third-order valence-corrected chi connectivity index (χ3v) is 7.51. The van der Waals surface area contributed by atoms with Crippen LogP contribution in [0, 0.1) is 0 Å². The van der Waals surface area contributed by atoms with Crippen molar-refractivity contribution >= 4 is 46.1 Å². The van der Waals surface area contributed by atoms with Gasteiger partial charge >= 0.3 is 11.8 Å². The topological polar surface area (TPSA) is 106 Å². The lowest BCUT2D eigenvalue weighted by Crippen LogP contribution is -2.59. The minimum absolute atomic E-state index is 0.00158. The number of fused-ring (bicyclic) bond motifs is 1. The fourth-order valence-corrected chi connectivity index (χ4v) is 5.27. The maximum atomic E-state index is 13.9. The molecular formula is C28H37Cl2N7O3. The summed E-state index contributed by atoms with van der Waals surface area (Å²) in [5.41, 5.74) is 1.16. The van der Waals surface area contributed by atoms with Gasteiger partial charge in [0.05, 0.1) is 27.5 Å². The number of piperazine rings is 1. The highest BCUT2D eigenvalue weighted by atomic mass is 35.5. The van der Waals surface area contributed by atoms with E-state index in [-0.39, 0.29) is 40.2 Å². The van der Waals surface area contributed by atoms with Gasteiger partial charge in [0, 0.05) is 25.2 Å². The van der Waals surface area contributed by atoms with Gasteiger partial charge in [0.2, 0.25) is 0 Å². The Morgan fingerprint density at radius 3 is 2.15 bits per heavy atom. The average Bonchev–Trinajstić information content (AvgIpc) is 2.84. The molecule has 0 bridgehead atoms. The number of halogens is 2. The minimum Gasteiger partial charge on any atom is -0.444 e. The van der Waals surface area contributed by atoms with Crippen LogP contribution in [-0.2, 0) is 4.74 Å². The molecule has 1 amide bonds. The van der Waals surface area contributed by atoms with Gasteiger partial charge in [-0.15, -0.1) is 0 Å². The number of rotatable bonds is 4. The van der Waals surface area contributed by atoms with Crippen LogP contribution in [0.2, 0.25) is 10.2 Å². The van der Waals surface area contributed by atoms with E-state index in [0.717, 1.165) is 0 Å². The molecule has 3 aromatic rings. The summed E-state index contributed by atoms with van der Waals surface area (Å²) in [7, 11) is 0. The largest absolute Gasteiger partial charge is 0.444 e. The van der Waals surface area contributed by atoms with Gasteiger partial charge in [0.1, 0.15) is 22.9 Å². The molecule has 0 saturated carbocycles. The number of carbonyl (C=O) groups excluding carboxylic acids is 1. The highest BCUT2D eigenvalue weighted by Crippen LogP contribution is 2.35. The predicted octanol–water partition coefficient (Wildman–Crippen LogP) is 5.96. The van der Waals surface area contributed by atoms with Crippen LogP contribution >= 0.6 is 23.2 Å². The van der Waals surface area contributed by atoms with Gasteiger partial charge in [0.25, 0.3) is 0 Å². The van der Waals surface area contributed by atoms with Crippen LogP contribution in [-0.4, -0.2) is 66.3 Å². The summed E-state index contributed by atoms with van der Waals surface area (Å²) in [6, 6.07) is 1.31. The molecule has 0 aromatic carbocycles. The molecule has 216 valence electrons. The molecule has 10 nitrogen and oxygen atoms in total. The van der Waals surface area contributed by atoms with Crippen LogP contribution in [0.25, 0.3) is 16.7 Å². The normalized spacial score (nSPS) is 18.2. The fourth-order valence-electron chi connectivity index (χ4n) is 4.98. The van der Waals surface area contributed by atoms with E-state index in [1.165, 1.54) is 10.9 Å². The van der Waals surface area contributed by atoms with Crippen LogP contribution in [0.4, 0.5) is 10.6 Å². The Morgan fingerprint density at radius 1 is 1.00 bits per heavy atom. The third kappa shape index (κ3) is 5.74. The van der Waals surface area contributed by atoms with Gasteiger partial charge in [-0.2, -0.15) is 4.98 Å². The number of nitrogens with zero attached hydrogens (tertiary/aromatic N) is 7. The Morgan fingerprint density at radius 2 is 1.60 bits per heavy atom. The van der Waals surface area contributed by atoms with E-state index in [9.17, 15) is 9.59 Å². The lowest BCUT2D eigenvalue weighted by Gasteiger charge is -2.44. The van der Waals surface area contributed by atoms with Crippen molar-refractivity contribution in [2.45, 2.75) is 91.8 Å². The van der Waals surface area contributed by atoms with Gasteiger partial charge in [-0.05, 0) is 52.5 Å². The highest BCUT2D eigenvalue weighted by Gasteiger charge is 2.36. The van der Waals surface area contributed by atoms with Crippen molar-refractivity contribution < 1.29 is 9.53 Å².